The molecule has 148 valence electrons. The van der Waals surface area contributed by atoms with Gasteiger partial charge in [-0.15, -0.1) is 0 Å². The molecule has 2 rings (SSSR count). The number of carbonyl (C=O) groups is 3. The van der Waals surface area contributed by atoms with Crippen molar-refractivity contribution in [1.29, 1.82) is 0 Å². The molecule has 0 radical (unpaired) electrons. The van der Waals surface area contributed by atoms with Gasteiger partial charge < -0.3 is 15.5 Å². The zero-order valence-corrected chi connectivity index (χ0v) is 16.0. The maximum absolute atomic E-state index is 13.6. The topological polar surface area (TPSA) is 78.5 Å². The lowest BCUT2D eigenvalue weighted by molar-refractivity contribution is -0.121. The minimum Gasteiger partial charge on any atom is -0.356 e. The molecule has 2 aromatic carbocycles. The Morgan fingerprint density at radius 3 is 2.46 bits per heavy atom. The van der Waals surface area contributed by atoms with E-state index in [9.17, 15) is 18.8 Å². The largest absolute Gasteiger partial charge is 0.356 e. The van der Waals surface area contributed by atoms with E-state index in [0.29, 0.717) is 29.9 Å². The van der Waals surface area contributed by atoms with Crippen LogP contribution in [-0.4, -0.2) is 30.8 Å². The fourth-order valence-corrected chi connectivity index (χ4v) is 2.76. The first kappa shape index (κ1) is 21.1. The van der Waals surface area contributed by atoms with E-state index in [1.54, 1.807) is 42.5 Å². The van der Waals surface area contributed by atoms with Crippen LogP contribution < -0.4 is 15.5 Å². The van der Waals surface area contributed by atoms with Crippen LogP contribution in [0.4, 0.5) is 15.8 Å². The number of amides is 3. The summed E-state index contributed by atoms with van der Waals surface area (Å²) in [7, 11) is 0. The first-order chi connectivity index (χ1) is 13.4. The molecule has 0 aromatic heterocycles. The number of nitrogens with one attached hydrogen (secondary N) is 2. The smallest absolute Gasteiger partial charge is 0.223 e. The van der Waals surface area contributed by atoms with Gasteiger partial charge in [0.2, 0.25) is 17.7 Å². The van der Waals surface area contributed by atoms with Crippen LogP contribution in [0.5, 0.6) is 0 Å². The second-order valence-electron chi connectivity index (χ2n) is 6.34. The highest BCUT2D eigenvalue weighted by Gasteiger charge is 2.14. The molecule has 0 unspecified atom stereocenters. The maximum Gasteiger partial charge on any atom is 0.223 e. The third-order valence-corrected chi connectivity index (χ3v) is 4.10. The Bertz CT molecular complexity index is 854. The standard InChI is InChI=1S/C21H24FN3O3/c1-15(26)24-18-7-5-8-19(14-18)25(16(2)27)13-11-21(28)23-12-10-17-6-3-4-9-20(17)22/h3-9,14H,10-13H2,1-2H3,(H,23,28)(H,24,26). The van der Waals surface area contributed by atoms with E-state index in [0.717, 1.165) is 0 Å². The van der Waals surface area contributed by atoms with Crippen molar-refractivity contribution in [1.82, 2.24) is 5.32 Å². The van der Waals surface area contributed by atoms with Crippen molar-refractivity contribution < 1.29 is 18.8 Å². The third kappa shape index (κ3) is 6.50. The van der Waals surface area contributed by atoms with Gasteiger partial charge >= 0.3 is 0 Å². The van der Waals surface area contributed by atoms with Gasteiger partial charge in [0.15, 0.2) is 0 Å². The first-order valence-corrected chi connectivity index (χ1v) is 9.02. The van der Waals surface area contributed by atoms with E-state index in [4.69, 9.17) is 0 Å². The Balaban J connectivity index is 1.89. The molecule has 6 nitrogen and oxygen atoms in total. The summed E-state index contributed by atoms with van der Waals surface area (Å²) < 4.78 is 13.6. The molecule has 3 amide bonds. The Morgan fingerprint density at radius 1 is 1.04 bits per heavy atom. The zero-order valence-electron chi connectivity index (χ0n) is 16.0. The van der Waals surface area contributed by atoms with Crippen molar-refractivity contribution in [3.63, 3.8) is 0 Å². The molecule has 0 bridgehead atoms. The van der Waals surface area contributed by atoms with Crippen LogP contribution in [0, 0.1) is 5.82 Å². The average Bonchev–Trinajstić information content (AvgIpc) is 2.63. The molecule has 0 atom stereocenters. The SMILES string of the molecule is CC(=O)Nc1cccc(N(CCC(=O)NCCc2ccccc2F)C(C)=O)c1. The van der Waals surface area contributed by atoms with Gasteiger partial charge in [-0.05, 0) is 36.2 Å². The first-order valence-electron chi connectivity index (χ1n) is 9.02. The highest BCUT2D eigenvalue weighted by molar-refractivity contribution is 5.94. The zero-order chi connectivity index (χ0) is 20.5. The number of benzene rings is 2. The second kappa shape index (κ2) is 10.2. The molecule has 0 aliphatic carbocycles. The summed E-state index contributed by atoms with van der Waals surface area (Å²) in [5, 5.41) is 5.41. The number of anilines is 2. The minimum atomic E-state index is -0.293. The fourth-order valence-electron chi connectivity index (χ4n) is 2.76. The third-order valence-electron chi connectivity index (χ3n) is 4.10. The van der Waals surface area contributed by atoms with E-state index >= 15 is 0 Å². The number of halogens is 1. The summed E-state index contributed by atoms with van der Waals surface area (Å²) in [5.41, 5.74) is 1.71. The normalized spacial score (nSPS) is 10.2. The maximum atomic E-state index is 13.6. The van der Waals surface area contributed by atoms with E-state index in [1.165, 1.54) is 24.8 Å². The number of hydrogen-bond donors (Lipinski definition) is 2. The van der Waals surface area contributed by atoms with Gasteiger partial charge in [0, 0.05) is 44.7 Å². The highest BCUT2D eigenvalue weighted by Crippen LogP contribution is 2.20. The highest BCUT2D eigenvalue weighted by atomic mass is 19.1. The van der Waals surface area contributed by atoms with E-state index in [1.807, 2.05) is 0 Å². The van der Waals surface area contributed by atoms with Crippen LogP contribution in [0.1, 0.15) is 25.8 Å². The molecule has 0 aliphatic rings. The molecule has 28 heavy (non-hydrogen) atoms. The molecule has 2 N–H and O–H groups in total. The molecule has 0 fully saturated rings. The summed E-state index contributed by atoms with van der Waals surface area (Å²) in [6, 6.07) is 13.3. The van der Waals surface area contributed by atoms with Crippen LogP contribution in [0.25, 0.3) is 0 Å². The summed E-state index contributed by atoms with van der Waals surface area (Å²) in [4.78, 5) is 36.8. The van der Waals surface area contributed by atoms with Gasteiger partial charge in [0.1, 0.15) is 5.82 Å². The molecular weight excluding hydrogens is 361 g/mol. The summed E-state index contributed by atoms with van der Waals surface area (Å²) in [6.45, 7) is 3.34. The quantitative estimate of drug-likeness (QED) is 0.733. The lowest BCUT2D eigenvalue weighted by Crippen LogP contribution is -2.34. The molecule has 0 spiro atoms. The Kier molecular flexibility index (Phi) is 7.68. The van der Waals surface area contributed by atoms with Crippen molar-refractivity contribution in [3.05, 3.63) is 59.9 Å². The summed E-state index contributed by atoms with van der Waals surface area (Å²) in [5.74, 6) is -0.931. The van der Waals surface area contributed by atoms with Gasteiger partial charge in [0.05, 0.1) is 0 Å². The van der Waals surface area contributed by atoms with E-state index < -0.39 is 0 Å². The molecule has 0 heterocycles. The predicted molar refractivity (Wildman–Crippen MR) is 107 cm³/mol. The number of carbonyl (C=O) groups excluding carboxylic acids is 3. The summed E-state index contributed by atoms with van der Waals surface area (Å²) in [6.07, 6.45) is 0.509. The fraction of sp³-hybridized carbons (Fsp3) is 0.286. The average molecular weight is 385 g/mol. The lowest BCUT2D eigenvalue weighted by Gasteiger charge is -2.21. The van der Waals surface area contributed by atoms with Gasteiger partial charge in [-0.3, -0.25) is 14.4 Å². The Morgan fingerprint density at radius 2 is 1.79 bits per heavy atom. The Hall–Kier alpha value is -3.22. The van der Waals surface area contributed by atoms with Crippen molar-refractivity contribution in [2.75, 3.05) is 23.3 Å². The Labute approximate surface area is 163 Å². The van der Waals surface area contributed by atoms with Gasteiger partial charge in [-0.1, -0.05) is 24.3 Å². The number of nitrogens with zero attached hydrogens (tertiary/aromatic N) is 1. The molecular formula is C21H24FN3O3. The molecule has 7 heteroatoms. The molecule has 0 saturated heterocycles. The van der Waals surface area contributed by atoms with Gasteiger partial charge in [-0.25, -0.2) is 4.39 Å². The predicted octanol–water partition coefficient (Wildman–Crippen LogP) is 2.89. The van der Waals surface area contributed by atoms with Crippen LogP contribution in [0.2, 0.25) is 0 Å². The van der Waals surface area contributed by atoms with Crippen LogP contribution in [-0.2, 0) is 20.8 Å². The lowest BCUT2D eigenvalue weighted by atomic mass is 10.1. The number of rotatable bonds is 8. The van der Waals surface area contributed by atoms with E-state index in [-0.39, 0.29) is 36.5 Å². The van der Waals surface area contributed by atoms with Crippen LogP contribution in [0.15, 0.2) is 48.5 Å². The second-order valence-corrected chi connectivity index (χ2v) is 6.34. The van der Waals surface area contributed by atoms with Crippen molar-refractivity contribution in [3.8, 4) is 0 Å². The number of hydrogen-bond acceptors (Lipinski definition) is 3. The summed E-state index contributed by atoms with van der Waals surface area (Å²) >= 11 is 0. The minimum absolute atomic E-state index is 0.112. The van der Waals surface area contributed by atoms with Crippen LogP contribution >= 0.6 is 0 Å². The van der Waals surface area contributed by atoms with Gasteiger partial charge in [-0.2, -0.15) is 0 Å². The van der Waals surface area contributed by atoms with Crippen molar-refractivity contribution >= 4 is 29.1 Å². The van der Waals surface area contributed by atoms with Gasteiger partial charge in [0.25, 0.3) is 0 Å². The van der Waals surface area contributed by atoms with Crippen molar-refractivity contribution in [2.24, 2.45) is 0 Å². The molecule has 0 saturated carbocycles. The van der Waals surface area contributed by atoms with Crippen molar-refractivity contribution in [2.45, 2.75) is 26.7 Å². The molecule has 0 aliphatic heterocycles. The molecule has 2 aromatic rings. The monoisotopic (exact) mass is 385 g/mol. The van der Waals surface area contributed by atoms with Crippen LogP contribution in [0.3, 0.4) is 0 Å². The van der Waals surface area contributed by atoms with E-state index in [2.05, 4.69) is 10.6 Å².